The molecule has 0 amide bonds. The molecule has 76 valence electrons. The van der Waals surface area contributed by atoms with Gasteiger partial charge in [-0.3, -0.25) is 0 Å². The molecule has 0 aromatic heterocycles. The molecule has 0 aliphatic carbocycles. The van der Waals surface area contributed by atoms with Crippen molar-refractivity contribution in [1.29, 1.82) is 0 Å². The zero-order valence-corrected chi connectivity index (χ0v) is 7.74. The molecular weight excluding hydrogens is 176 g/mol. The fourth-order valence-corrected chi connectivity index (χ4v) is 0.189. The predicted molar refractivity (Wildman–Crippen MR) is 46.6 cm³/mol. The molecular formula is C8H14O5. The van der Waals surface area contributed by atoms with Crippen molar-refractivity contribution in [3.8, 4) is 0 Å². The van der Waals surface area contributed by atoms with Crippen LogP contribution in [0.3, 0.4) is 0 Å². The lowest BCUT2D eigenvalue weighted by Crippen LogP contribution is -2.05. The van der Waals surface area contributed by atoms with Gasteiger partial charge in [0, 0.05) is 12.2 Å². The van der Waals surface area contributed by atoms with E-state index in [-0.39, 0.29) is 12.2 Å². The van der Waals surface area contributed by atoms with E-state index in [1.165, 1.54) is 6.92 Å². The van der Waals surface area contributed by atoms with Gasteiger partial charge in [0.05, 0.1) is 0 Å². The van der Waals surface area contributed by atoms with Crippen LogP contribution in [0.25, 0.3) is 0 Å². The first-order valence-electron chi connectivity index (χ1n) is 3.60. The van der Waals surface area contributed by atoms with Crippen LogP contribution in [-0.4, -0.2) is 35.4 Å². The molecule has 0 radical (unpaired) electrons. The Morgan fingerprint density at radius 3 is 1.85 bits per heavy atom. The van der Waals surface area contributed by atoms with E-state index in [9.17, 15) is 9.59 Å². The minimum Gasteiger partial charge on any atom is -0.480 e. The van der Waals surface area contributed by atoms with Crippen LogP contribution in [0.15, 0.2) is 12.2 Å². The van der Waals surface area contributed by atoms with Crippen LogP contribution in [0, 0.1) is 0 Å². The van der Waals surface area contributed by atoms with Gasteiger partial charge in [0.1, 0.15) is 6.61 Å². The Morgan fingerprint density at radius 2 is 1.77 bits per heavy atom. The number of hydrogen-bond donors (Lipinski definition) is 2. The molecule has 0 saturated heterocycles. The third-order valence-electron chi connectivity index (χ3n) is 0.795. The van der Waals surface area contributed by atoms with Gasteiger partial charge in [-0.25, -0.2) is 9.59 Å². The largest absolute Gasteiger partial charge is 0.480 e. The fourth-order valence-electron chi connectivity index (χ4n) is 0.189. The first-order valence-corrected chi connectivity index (χ1v) is 3.60. The lowest BCUT2D eigenvalue weighted by atomic mass is 10.4. The summed E-state index contributed by atoms with van der Waals surface area (Å²) in [5.41, 5.74) is 0.176. The monoisotopic (exact) mass is 190 g/mol. The second kappa shape index (κ2) is 8.73. The summed E-state index contributed by atoms with van der Waals surface area (Å²) in [7, 11) is 0. The molecule has 0 aromatic rings. The van der Waals surface area contributed by atoms with Crippen molar-refractivity contribution in [2.24, 2.45) is 0 Å². The minimum absolute atomic E-state index is 0.176. The number of ether oxygens (including phenoxy) is 1. The molecule has 2 N–H and O–H groups in total. The summed E-state index contributed by atoms with van der Waals surface area (Å²) in [5.74, 6) is -1.85. The van der Waals surface area contributed by atoms with Crippen LogP contribution in [0.4, 0.5) is 0 Å². The van der Waals surface area contributed by atoms with Crippen molar-refractivity contribution in [1.82, 2.24) is 0 Å². The highest BCUT2D eigenvalue weighted by atomic mass is 16.5. The molecule has 0 bridgehead atoms. The van der Waals surface area contributed by atoms with Gasteiger partial charge in [-0.1, -0.05) is 6.58 Å². The molecule has 5 heteroatoms. The Bertz CT molecular complexity index is 173. The summed E-state index contributed by atoms with van der Waals surface area (Å²) in [5, 5.41) is 15.8. The molecule has 0 saturated carbocycles. The molecule has 0 spiro atoms. The van der Waals surface area contributed by atoms with Crippen LogP contribution in [0.2, 0.25) is 0 Å². The molecule has 0 aromatic carbocycles. The van der Waals surface area contributed by atoms with Crippen molar-refractivity contribution >= 4 is 11.9 Å². The lowest BCUT2D eigenvalue weighted by molar-refractivity contribution is -0.142. The average molecular weight is 190 g/mol. The van der Waals surface area contributed by atoms with E-state index < -0.39 is 11.9 Å². The predicted octanol–water partition coefficient (Wildman–Crippen LogP) is 0.755. The molecule has 0 rings (SSSR count). The highest BCUT2D eigenvalue weighted by Crippen LogP contribution is 1.81. The first-order chi connectivity index (χ1) is 5.91. The molecule has 0 aliphatic heterocycles. The number of rotatable bonds is 4. The van der Waals surface area contributed by atoms with Gasteiger partial charge >= 0.3 is 11.9 Å². The summed E-state index contributed by atoms with van der Waals surface area (Å²) in [6.45, 7) is 6.64. The number of aliphatic carboxylic acids is 2. The zero-order valence-electron chi connectivity index (χ0n) is 7.74. The van der Waals surface area contributed by atoms with E-state index in [2.05, 4.69) is 11.3 Å². The van der Waals surface area contributed by atoms with Gasteiger partial charge in [-0.15, -0.1) is 0 Å². The third kappa shape index (κ3) is 18.0. The maximum Gasteiger partial charge on any atom is 0.330 e. The van der Waals surface area contributed by atoms with Crippen molar-refractivity contribution in [2.45, 2.75) is 13.8 Å². The molecule has 0 heterocycles. The van der Waals surface area contributed by atoms with Crippen LogP contribution in [0.1, 0.15) is 13.8 Å². The van der Waals surface area contributed by atoms with Crippen LogP contribution >= 0.6 is 0 Å². The van der Waals surface area contributed by atoms with Gasteiger partial charge in [-0.2, -0.15) is 0 Å². The van der Waals surface area contributed by atoms with Gasteiger partial charge in [0.2, 0.25) is 0 Å². The Morgan fingerprint density at radius 1 is 1.38 bits per heavy atom. The smallest absolute Gasteiger partial charge is 0.330 e. The van der Waals surface area contributed by atoms with Crippen molar-refractivity contribution in [3.05, 3.63) is 12.2 Å². The molecule has 0 fully saturated rings. The summed E-state index contributed by atoms with van der Waals surface area (Å²) in [6.07, 6.45) is 0. The van der Waals surface area contributed by atoms with E-state index in [1.54, 1.807) is 6.92 Å². The molecule has 0 atom stereocenters. The van der Waals surface area contributed by atoms with Gasteiger partial charge in [-0.05, 0) is 13.8 Å². The summed E-state index contributed by atoms with van der Waals surface area (Å²) in [6, 6.07) is 0. The van der Waals surface area contributed by atoms with E-state index in [1.807, 2.05) is 0 Å². The quantitative estimate of drug-likeness (QED) is 0.639. The first kappa shape index (κ1) is 14.2. The van der Waals surface area contributed by atoms with E-state index in [0.717, 1.165) is 0 Å². The van der Waals surface area contributed by atoms with Crippen LogP contribution < -0.4 is 0 Å². The van der Waals surface area contributed by atoms with Gasteiger partial charge in [0.25, 0.3) is 0 Å². The van der Waals surface area contributed by atoms with E-state index >= 15 is 0 Å². The molecule has 13 heavy (non-hydrogen) atoms. The van der Waals surface area contributed by atoms with Crippen molar-refractivity contribution in [3.63, 3.8) is 0 Å². The summed E-state index contributed by atoms with van der Waals surface area (Å²) < 4.78 is 4.50. The second-order valence-corrected chi connectivity index (χ2v) is 2.12. The molecule has 5 nitrogen and oxygen atoms in total. The van der Waals surface area contributed by atoms with E-state index in [0.29, 0.717) is 6.61 Å². The summed E-state index contributed by atoms with van der Waals surface area (Å²) >= 11 is 0. The maximum atomic E-state index is 9.63. The Labute approximate surface area is 76.6 Å². The van der Waals surface area contributed by atoms with Crippen LogP contribution in [-0.2, 0) is 14.3 Å². The number of hydrogen-bond acceptors (Lipinski definition) is 3. The number of carboxylic acid groups (broad SMARTS) is 2. The SMILES string of the molecule is C=C(C)C(=O)O.CCOCC(=O)O. The highest BCUT2D eigenvalue weighted by molar-refractivity contribution is 5.84. The second-order valence-electron chi connectivity index (χ2n) is 2.12. The van der Waals surface area contributed by atoms with Gasteiger partial charge < -0.3 is 14.9 Å². The van der Waals surface area contributed by atoms with Gasteiger partial charge in [0.15, 0.2) is 0 Å². The molecule has 0 aliphatic rings. The minimum atomic E-state index is -0.935. The third-order valence-corrected chi connectivity index (χ3v) is 0.795. The average Bonchev–Trinajstić information content (AvgIpc) is 2.01. The standard InChI is InChI=1S/C4H8O3.C4H6O2/c1-2-7-3-4(5)6;1-3(2)4(5)6/h2-3H2,1H3,(H,5,6);1H2,2H3,(H,5,6). The topological polar surface area (TPSA) is 83.8 Å². The highest BCUT2D eigenvalue weighted by Gasteiger charge is 1.90. The Hall–Kier alpha value is -1.36. The zero-order chi connectivity index (χ0) is 10.9. The van der Waals surface area contributed by atoms with E-state index in [4.69, 9.17) is 10.2 Å². The van der Waals surface area contributed by atoms with Crippen LogP contribution in [0.5, 0.6) is 0 Å². The normalized spacial score (nSPS) is 8.15. The fraction of sp³-hybridized carbons (Fsp3) is 0.500. The maximum absolute atomic E-state index is 9.63. The lowest BCUT2D eigenvalue weighted by Gasteiger charge is -1.90. The number of carboxylic acids is 2. The van der Waals surface area contributed by atoms with Crippen molar-refractivity contribution in [2.75, 3.05) is 13.2 Å². The summed E-state index contributed by atoms with van der Waals surface area (Å²) in [4.78, 5) is 19.2. The number of carbonyl (C=O) groups is 2. The van der Waals surface area contributed by atoms with Crippen molar-refractivity contribution < 1.29 is 24.5 Å². The molecule has 0 unspecified atom stereocenters. The Balaban J connectivity index is 0. The Kier molecular flexibility index (Phi) is 9.53.